The van der Waals surface area contributed by atoms with Gasteiger partial charge in [-0.3, -0.25) is 24.3 Å². The van der Waals surface area contributed by atoms with E-state index in [1.54, 1.807) is 11.8 Å². The molecule has 26 heavy (non-hydrogen) atoms. The van der Waals surface area contributed by atoms with E-state index < -0.39 is 0 Å². The van der Waals surface area contributed by atoms with Crippen molar-refractivity contribution in [2.24, 2.45) is 17.8 Å². The molecule has 2 amide bonds. The molecule has 8 nitrogen and oxygen atoms in total. The van der Waals surface area contributed by atoms with Crippen molar-refractivity contribution in [3.63, 3.8) is 0 Å². The van der Waals surface area contributed by atoms with Gasteiger partial charge in [-0.25, -0.2) is 0 Å². The minimum Gasteiger partial charge on any atom is -0.342 e. The smallest absolute Gasteiger partial charge is 0.278 e. The third-order valence-corrected chi connectivity index (χ3v) is 5.81. The van der Waals surface area contributed by atoms with Gasteiger partial charge in [0.05, 0.1) is 0 Å². The molecule has 0 aromatic carbocycles. The fourth-order valence-corrected chi connectivity index (χ4v) is 4.42. The Morgan fingerprint density at radius 2 is 1.77 bits per heavy atom. The number of carbonyl (C=O) groups excluding carboxylic acids is 3. The zero-order chi connectivity index (χ0) is 18.4. The first-order valence-corrected chi connectivity index (χ1v) is 9.08. The van der Waals surface area contributed by atoms with E-state index in [0.29, 0.717) is 51.1 Å². The number of amides is 2. The Hall–Kier alpha value is -2.51. The summed E-state index contributed by atoms with van der Waals surface area (Å²) in [6.07, 6.45) is 1.55. The van der Waals surface area contributed by atoms with Crippen LogP contribution in [-0.2, 0) is 9.59 Å². The minimum absolute atomic E-state index is 0.0760. The monoisotopic (exact) mass is 358 g/mol. The molecular formula is C18H22N4O4. The lowest BCUT2D eigenvalue weighted by molar-refractivity contribution is -0.135. The van der Waals surface area contributed by atoms with Crippen molar-refractivity contribution >= 4 is 17.6 Å². The molecule has 2 aliphatic heterocycles. The summed E-state index contributed by atoms with van der Waals surface area (Å²) in [5.74, 6) is 0.207. The van der Waals surface area contributed by atoms with Crippen molar-refractivity contribution in [3.8, 4) is 0 Å². The van der Waals surface area contributed by atoms with Gasteiger partial charge in [-0.05, 0) is 13.3 Å². The molecule has 2 saturated heterocycles. The van der Waals surface area contributed by atoms with Crippen LogP contribution in [0.1, 0.15) is 35.4 Å². The van der Waals surface area contributed by atoms with Gasteiger partial charge in [0.15, 0.2) is 5.69 Å². The minimum atomic E-state index is -0.369. The molecule has 1 unspecified atom stereocenters. The van der Waals surface area contributed by atoms with Crippen LogP contribution < -0.4 is 5.43 Å². The number of ketones is 1. The van der Waals surface area contributed by atoms with E-state index in [2.05, 4.69) is 10.2 Å². The summed E-state index contributed by atoms with van der Waals surface area (Å²) in [7, 11) is 0. The molecule has 1 saturated carbocycles. The highest BCUT2D eigenvalue weighted by molar-refractivity contribution is 5.92. The summed E-state index contributed by atoms with van der Waals surface area (Å²) < 4.78 is 0. The molecule has 8 heteroatoms. The molecule has 3 fully saturated rings. The Kier molecular flexibility index (Phi) is 4.13. The number of nitrogens with one attached hydrogen (secondary N) is 1. The van der Waals surface area contributed by atoms with Crippen molar-refractivity contribution in [2.75, 3.05) is 26.2 Å². The summed E-state index contributed by atoms with van der Waals surface area (Å²) >= 11 is 0. The molecule has 0 radical (unpaired) electrons. The van der Waals surface area contributed by atoms with E-state index in [1.807, 2.05) is 4.90 Å². The number of hydrogen-bond donors (Lipinski definition) is 1. The molecule has 138 valence electrons. The van der Waals surface area contributed by atoms with E-state index in [1.165, 1.54) is 6.07 Å². The molecule has 4 rings (SSSR count). The molecule has 1 aromatic heterocycles. The average Bonchev–Trinajstić information content (AvgIpc) is 3.27. The maximum atomic E-state index is 12.6. The van der Waals surface area contributed by atoms with Crippen molar-refractivity contribution in [3.05, 3.63) is 27.7 Å². The van der Waals surface area contributed by atoms with Gasteiger partial charge in [0, 0.05) is 68.5 Å². The lowest BCUT2D eigenvalue weighted by atomic mass is 10.0. The fourth-order valence-electron chi connectivity index (χ4n) is 4.42. The number of H-pyrrole nitrogens is 1. The molecule has 0 spiro atoms. The number of hydrogen-bond acceptors (Lipinski definition) is 5. The number of aromatic nitrogens is 2. The largest absolute Gasteiger partial charge is 0.342 e. The van der Waals surface area contributed by atoms with Gasteiger partial charge < -0.3 is 9.80 Å². The molecule has 1 N–H and O–H groups in total. The second-order valence-electron chi connectivity index (χ2n) is 7.72. The fraction of sp³-hybridized carbons (Fsp3) is 0.611. The van der Waals surface area contributed by atoms with Crippen LogP contribution in [0.2, 0.25) is 0 Å². The second-order valence-corrected chi connectivity index (χ2v) is 7.72. The first-order valence-electron chi connectivity index (χ1n) is 9.08. The van der Waals surface area contributed by atoms with E-state index in [9.17, 15) is 19.2 Å². The number of likely N-dealkylation sites (tertiary alicyclic amines) is 2. The molecular weight excluding hydrogens is 336 g/mol. The van der Waals surface area contributed by atoms with Crippen LogP contribution >= 0.6 is 0 Å². The third-order valence-electron chi connectivity index (χ3n) is 5.81. The quantitative estimate of drug-likeness (QED) is 0.800. The number of rotatable bonds is 2. The summed E-state index contributed by atoms with van der Waals surface area (Å²) in [4.78, 5) is 52.1. The lowest BCUT2D eigenvalue weighted by Gasteiger charge is -2.23. The standard InChI is InChI=1S/C18H22N4O4/c1-10-4-15(24)16(20-19-10)18(26)22-8-12-6-21(7-13(12)9-22)17(25)11-2-3-14(23)5-11/h4,11-13H,2-3,5-9H2,1H3,(H,19,24)/t11?,12-,13+. The summed E-state index contributed by atoms with van der Waals surface area (Å²) in [5, 5.41) is 6.57. The molecule has 1 aromatic rings. The lowest BCUT2D eigenvalue weighted by Crippen LogP contribution is -2.39. The van der Waals surface area contributed by atoms with Crippen LogP contribution in [-0.4, -0.2) is 63.8 Å². The SMILES string of the molecule is Cc1cc(=O)c(C(=O)N2C[C@@H]3CN(C(=O)C4CCC(=O)C4)C[C@@H]3C2)n[nH]1. The highest BCUT2D eigenvalue weighted by Gasteiger charge is 2.45. The van der Waals surface area contributed by atoms with Gasteiger partial charge in [0.2, 0.25) is 11.3 Å². The first-order chi connectivity index (χ1) is 12.4. The predicted octanol–water partition coefficient (Wildman–Crippen LogP) is -0.0221. The van der Waals surface area contributed by atoms with Crippen LogP contribution in [0.4, 0.5) is 0 Å². The second kappa shape index (κ2) is 6.34. The van der Waals surface area contributed by atoms with Gasteiger partial charge in [-0.2, -0.15) is 5.10 Å². The summed E-state index contributed by atoms with van der Waals surface area (Å²) in [5.41, 5.74) is 0.170. The number of aromatic amines is 1. The van der Waals surface area contributed by atoms with Crippen molar-refractivity contribution in [1.29, 1.82) is 0 Å². The maximum Gasteiger partial charge on any atom is 0.278 e. The van der Waals surface area contributed by atoms with E-state index in [0.717, 1.165) is 0 Å². The molecule has 3 heterocycles. The van der Waals surface area contributed by atoms with Crippen molar-refractivity contribution in [2.45, 2.75) is 26.2 Å². The van der Waals surface area contributed by atoms with E-state index in [4.69, 9.17) is 0 Å². The van der Waals surface area contributed by atoms with Crippen LogP contribution in [0.15, 0.2) is 10.9 Å². The number of Topliss-reactive ketones (excluding diaryl/α,β-unsaturated/α-hetero) is 1. The Morgan fingerprint density at radius 3 is 2.35 bits per heavy atom. The Morgan fingerprint density at radius 1 is 1.12 bits per heavy atom. The van der Waals surface area contributed by atoms with Gasteiger partial charge in [0.1, 0.15) is 5.78 Å². The molecule has 1 aliphatic carbocycles. The van der Waals surface area contributed by atoms with Crippen LogP contribution in [0.3, 0.4) is 0 Å². The normalized spacial score (nSPS) is 27.9. The first kappa shape index (κ1) is 16.9. The third kappa shape index (κ3) is 2.93. The van der Waals surface area contributed by atoms with E-state index in [-0.39, 0.29) is 46.5 Å². The average molecular weight is 358 g/mol. The Balaban J connectivity index is 1.39. The van der Waals surface area contributed by atoms with Gasteiger partial charge in [-0.1, -0.05) is 0 Å². The highest BCUT2D eigenvalue weighted by atomic mass is 16.2. The Labute approximate surface area is 150 Å². The zero-order valence-corrected chi connectivity index (χ0v) is 14.7. The highest BCUT2D eigenvalue weighted by Crippen LogP contribution is 2.34. The number of aryl methyl sites for hydroxylation is 1. The van der Waals surface area contributed by atoms with Crippen LogP contribution in [0.5, 0.6) is 0 Å². The molecule has 3 atom stereocenters. The zero-order valence-electron chi connectivity index (χ0n) is 14.7. The predicted molar refractivity (Wildman–Crippen MR) is 91.4 cm³/mol. The van der Waals surface area contributed by atoms with Crippen LogP contribution in [0.25, 0.3) is 0 Å². The van der Waals surface area contributed by atoms with Gasteiger partial charge in [0.25, 0.3) is 5.91 Å². The van der Waals surface area contributed by atoms with Crippen molar-refractivity contribution < 1.29 is 14.4 Å². The number of carbonyl (C=O) groups is 3. The summed E-state index contributed by atoms with van der Waals surface area (Å²) in [6, 6.07) is 1.38. The molecule has 0 bridgehead atoms. The topological polar surface area (TPSA) is 103 Å². The Bertz CT molecular complexity index is 819. The van der Waals surface area contributed by atoms with Crippen molar-refractivity contribution in [1.82, 2.24) is 20.0 Å². The van der Waals surface area contributed by atoms with Crippen LogP contribution in [0, 0.1) is 24.7 Å². The van der Waals surface area contributed by atoms with Gasteiger partial charge >= 0.3 is 0 Å². The number of nitrogens with zero attached hydrogens (tertiary/aromatic N) is 3. The molecule has 3 aliphatic rings. The summed E-state index contributed by atoms with van der Waals surface area (Å²) in [6.45, 7) is 4.02. The van der Waals surface area contributed by atoms with Gasteiger partial charge in [-0.15, -0.1) is 0 Å². The number of fused-ring (bicyclic) bond motifs is 1. The maximum absolute atomic E-state index is 12.6. The van der Waals surface area contributed by atoms with E-state index >= 15 is 0 Å².